The molecule has 4 N–H and O–H groups in total. The van der Waals surface area contributed by atoms with Crippen molar-refractivity contribution in [2.45, 2.75) is 56.8 Å². The van der Waals surface area contributed by atoms with Crippen LogP contribution in [-0.2, 0) is 0 Å². The molecule has 17 heavy (non-hydrogen) atoms. The average molecular weight is 284 g/mol. The van der Waals surface area contributed by atoms with Gasteiger partial charge in [-0.25, -0.2) is 0 Å². The number of hydrogen-bond acceptors (Lipinski definition) is 4. The summed E-state index contributed by atoms with van der Waals surface area (Å²) in [5, 5.41) is 19.5. The van der Waals surface area contributed by atoms with Gasteiger partial charge in [0.1, 0.15) is 0 Å². The number of hydrogen-bond donors (Lipinski definition) is 3. The van der Waals surface area contributed by atoms with Gasteiger partial charge in [-0.2, -0.15) is 11.8 Å². The lowest BCUT2D eigenvalue weighted by Crippen LogP contribution is -2.45. The number of halogens is 1. The fourth-order valence-electron chi connectivity index (χ4n) is 2.50. The van der Waals surface area contributed by atoms with Crippen LogP contribution in [0.1, 0.15) is 38.5 Å². The fourth-order valence-corrected chi connectivity index (χ4v) is 3.04. The zero-order valence-electron chi connectivity index (χ0n) is 10.5. The van der Waals surface area contributed by atoms with Crippen molar-refractivity contribution in [1.29, 1.82) is 0 Å². The second-order valence-corrected chi connectivity index (χ2v) is 5.83. The van der Waals surface area contributed by atoms with Crippen molar-refractivity contribution in [3.8, 4) is 0 Å². The van der Waals surface area contributed by atoms with Gasteiger partial charge in [-0.15, -0.1) is 12.4 Å². The van der Waals surface area contributed by atoms with Crippen LogP contribution in [0.3, 0.4) is 0 Å². The smallest absolute Gasteiger partial charge is 0.0957 e. The first kappa shape index (κ1) is 17.5. The highest BCUT2D eigenvalue weighted by Crippen LogP contribution is 2.27. The molecule has 0 saturated heterocycles. The van der Waals surface area contributed by atoms with Crippen molar-refractivity contribution in [2.24, 2.45) is 11.7 Å². The van der Waals surface area contributed by atoms with Crippen LogP contribution in [0.25, 0.3) is 0 Å². The third-order valence-electron chi connectivity index (χ3n) is 3.50. The molecule has 1 fully saturated rings. The quantitative estimate of drug-likeness (QED) is 0.695. The summed E-state index contributed by atoms with van der Waals surface area (Å²) in [7, 11) is 0. The molecule has 104 valence electrons. The van der Waals surface area contributed by atoms with Crippen LogP contribution in [0.5, 0.6) is 0 Å². The van der Waals surface area contributed by atoms with Crippen LogP contribution in [0.15, 0.2) is 0 Å². The summed E-state index contributed by atoms with van der Waals surface area (Å²) in [6.07, 6.45) is 7.71. The molecule has 0 bridgehead atoms. The van der Waals surface area contributed by atoms with E-state index in [0.717, 1.165) is 6.42 Å². The zero-order valence-corrected chi connectivity index (χ0v) is 12.2. The van der Waals surface area contributed by atoms with Gasteiger partial charge < -0.3 is 15.9 Å². The highest BCUT2D eigenvalue weighted by Gasteiger charge is 2.26. The van der Waals surface area contributed by atoms with E-state index in [1.54, 1.807) is 0 Å². The topological polar surface area (TPSA) is 66.5 Å². The molecule has 3 atom stereocenters. The number of thioether (sulfide) groups is 1. The minimum absolute atomic E-state index is 0. The maximum absolute atomic E-state index is 9.86. The normalized spacial score (nSPS) is 22.6. The average Bonchev–Trinajstić information content (AvgIpc) is 2.29. The van der Waals surface area contributed by atoms with Gasteiger partial charge in [0, 0.05) is 11.8 Å². The minimum atomic E-state index is -0.769. The Morgan fingerprint density at radius 2 is 1.82 bits per heavy atom. The van der Waals surface area contributed by atoms with E-state index in [1.807, 2.05) is 6.26 Å². The van der Waals surface area contributed by atoms with Gasteiger partial charge in [-0.05, 0) is 18.6 Å². The molecule has 1 aliphatic carbocycles. The van der Waals surface area contributed by atoms with Crippen LogP contribution in [0.2, 0.25) is 0 Å². The molecule has 0 spiro atoms. The Hall–Kier alpha value is 0.520. The van der Waals surface area contributed by atoms with Crippen molar-refractivity contribution >= 4 is 24.2 Å². The van der Waals surface area contributed by atoms with Gasteiger partial charge in [0.15, 0.2) is 0 Å². The lowest BCUT2D eigenvalue weighted by molar-refractivity contribution is 0.0117. The predicted molar refractivity (Wildman–Crippen MR) is 76.8 cm³/mol. The molecule has 0 amide bonds. The van der Waals surface area contributed by atoms with Gasteiger partial charge in [0.25, 0.3) is 0 Å². The number of aliphatic hydroxyl groups excluding tert-OH is 2. The molecule has 1 rings (SSSR count). The molecule has 0 radical (unpaired) electrons. The van der Waals surface area contributed by atoms with Crippen LogP contribution >= 0.6 is 24.2 Å². The van der Waals surface area contributed by atoms with Crippen molar-refractivity contribution in [1.82, 2.24) is 0 Å². The summed E-state index contributed by atoms with van der Waals surface area (Å²) in [6.45, 7) is 0. The van der Waals surface area contributed by atoms with Gasteiger partial charge >= 0.3 is 0 Å². The van der Waals surface area contributed by atoms with Crippen LogP contribution in [-0.4, -0.2) is 40.5 Å². The van der Waals surface area contributed by atoms with Crippen molar-refractivity contribution in [2.75, 3.05) is 12.0 Å². The lowest BCUT2D eigenvalue weighted by atomic mass is 9.83. The maximum atomic E-state index is 9.86. The highest BCUT2D eigenvalue weighted by molar-refractivity contribution is 7.98. The van der Waals surface area contributed by atoms with Crippen LogP contribution in [0.4, 0.5) is 0 Å². The molecule has 0 aromatic rings. The number of rotatable bonds is 6. The van der Waals surface area contributed by atoms with Gasteiger partial charge in [0.2, 0.25) is 0 Å². The predicted octanol–water partition coefficient (Wildman–Crippen LogP) is 1.79. The minimum Gasteiger partial charge on any atom is -0.390 e. The molecule has 0 heterocycles. The first-order valence-electron chi connectivity index (χ1n) is 6.25. The fraction of sp³-hybridized carbons (Fsp3) is 1.00. The van der Waals surface area contributed by atoms with E-state index >= 15 is 0 Å². The zero-order chi connectivity index (χ0) is 12.0. The molecular weight excluding hydrogens is 258 g/mol. The summed E-state index contributed by atoms with van der Waals surface area (Å²) >= 11 is 1.54. The summed E-state index contributed by atoms with van der Waals surface area (Å²) < 4.78 is 0. The van der Waals surface area contributed by atoms with Gasteiger partial charge in [-0.1, -0.05) is 32.1 Å². The Labute approximate surface area is 115 Å². The van der Waals surface area contributed by atoms with Crippen LogP contribution < -0.4 is 5.73 Å². The number of aliphatic hydroxyl groups is 2. The monoisotopic (exact) mass is 283 g/mol. The van der Waals surface area contributed by atoms with E-state index in [9.17, 15) is 10.2 Å². The summed E-state index contributed by atoms with van der Waals surface area (Å²) in [4.78, 5) is 0. The van der Waals surface area contributed by atoms with Crippen molar-refractivity contribution < 1.29 is 10.2 Å². The molecule has 0 aromatic carbocycles. The Balaban J connectivity index is 0.00000256. The van der Waals surface area contributed by atoms with Crippen molar-refractivity contribution in [3.05, 3.63) is 0 Å². The second kappa shape index (κ2) is 9.45. The van der Waals surface area contributed by atoms with Crippen LogP contribution in [0, 0.1) is 5.92 Å². The Kier molecular flexibility index (Phi) is 9.74. The van der Waals surface area contributed by atoms with Crippen molar-refractivity contribution in [3.63, 3.8) is 0 Å². The SMILES string of the molecule is CSCC(O)C(O)C(N)CC1CCCCC1.Cl. The molecule has 1 saturated carbocycles. The van der Waals surface area contributed by atoms with E-state index in [1.165, 1.54) is 43.9 Å². The third-order valence-corrected chi connectivity index (χ3v) is 4.18. The van der Waals surface area contributed by atoms with E-state index in [4.69, 9.17) is 5.73 Å². The molecule has 0 aromatic heterocycles. The highest BCUT2D eigenvalue weighted by atomic mass is 35.5. The molecular formula is C12H26ClNO2S. The lowest BCUT2D eigenvalue weighted by Gasteiger charge is -2.29. The standard InChI is InChI=1S/C12H25NO2S.ClH/c1-16-8-11(14)12(15)10(13)7-9-5-3-2-4-6-9;/h9-12,14-15H,2-8,13H2,1H3;1H. The summed E-state index contributed by atoms with van der Waals surface area (Å²) in [5.74, 6) is 1.21. The Bertz CT molecular complexity index is 191. The summed E-state index contributed by atoms with van der Waals surface area (Å²) in [5.41, 5.74) is 5.96. The summed E-state index contributed by atoms with van der Waals surface area (Å²) in [6, 6.07) is -0.273. The number of nitrogens with two attached hydrogens (primary N) is 1. The molecule has 1 aliphatic rings. The molecule has 0 aliphatic heterocycles. The molecule has 5 heteroatoms. The largest absolute Gasteiger partial charge is 0.390 e. The second-order valence-electron chi connectivity index (χ2n) is 4.92. The molecule has 3 nitrogen and oxygen atoms in total. The van der Waals surface area contributed by atoms with E-state index in [0.29, 0.717) is 11.7 Å². The first-order valence-corrected chi connectivity index (χ1v) is 7.65. The van der Waals surface area contributed by atoms with Gasteiger partial charge in [0.05, 0.1) is 12.2 Å². The Morgan fingerprint density at radius 1 is 1.24 bits per heavy atom. The molecule has 3 unspecified atom stereocenters. The Morgan fingerprint density at radius 3 is 2.35 bits per heavy atom. The van der Waals surface area contributed by atoms with E-state index in [-0.39, 0.29) is 18.4 Å². The van der Waals surface area contributed by atoms with E-state index in [2.05, 4.69) is 0 Å². The first-order chi connectivity index (χ1) is 7.65. The van der Waals surface area contributed by atoms with Gasteiger partial charge in [-0.3, -0.25) is 0 Å². The third kappa shape index (κ3) is 6.30. The van der Waals surface area contributed by atoms with E-state index < -0.39 is 12.2 Å². The maximum Gasteiger partial charge on any atom is 0.0957 e.